The topological polar surface area (TPSA) is 63.3 Å². The number of aliphatic hydroxyl groups excluding tert-OH is 1. The maximum Gasteiger partial charge on any atom is 0.452 e. The molecule has 3 N–H and O–H groups in total. The maximum atomic E-state index is 11.7. The molecule has 0 fully saturated rings. The minimum atomic E-state index is -4.94. The quantitative estimate of drug-likeness (QED) is 0.637. The summed E-state index contributed by atoms with van der Waals surface area (Å²) in [5, 5.41) is 8.77. The predicted molar refractivity (Wildman–Crippen MR) is 40.0 cm³/mol. The van der Waals surface area contributed by atoms with E-state index in [1.54, 1.807) is 0 Å². The highest BCUT2D eigenvalue weighted by Crippen LogP contribution is 2.19. The van der Waals surface area contributed by atoms with Crippen molar-refractivity contribution >= 4 is 5.78 Å². The molecule has 1 unspecified atom stereocenters. The zero-order chi connectivity index (χ0) is 10.5. The summed E-state index contributed by atoms with van der Waals surface area (Å²) in [5.41, 5.74) is 5.09. The number of aliphatic hydroxyl groups is 1. The van der Waals surface area contributed by atoms with E-state index < -0.39 is 18.1 Å². The lowest BCUT2D eigenvalue weighted by Crippen LogP contribution is -2.34. The van der Waals surface area contributed by atoms with Gasteiger partial charge in [0.15, 0.2) is 0 Å². The first-order valence-electron chi connectivity index (χ1n) is 3.88. The molecule has 0 saturated carbocycles. The molecule has 0 saturated heterocycles. The molecule has 0 aromatic carbocycles. The van der Waals surface area contributed by atoms with Gasteiger partial charge in [-0.3, -0.25) is 4.79 Å². The Morgan fingerprint density at radius 3 is 2.31 bits per heavy atom. The number of hydrogen-bond acceptors (Lipinski definition) is 3. The summed E-state index contributed by atoms with van der Waals surface area (Å²) in [4.78, 5) is 10.4. The number of alkyl halides is 3. The van der Waals surface area contributed by atoms with Gasteiger partial charge < -0.3 is 10.8 Å². The highest BCUT2D eigenvalue weighted by Gasteiger charge is 2.42. The van der Waals surface area contributed by atoms with E-state index >= 15 is 0 Å². The van der Waals surface area contributed by atoms with E-state index in [1.165, 1.54) is 0 Å². The smallest absolute Gasteiger partial charge is 0.385 e. The van der Waals surface area contributed by atoms with Crippen LogP contribution in [0.25, 0.3) is 0 Å². The van der Waals surface area contributed by atoms with Gasteiger partial charge in [-0.25, -0.2) is 0 Å². The normalized spacial score (nSPS) is 14.2. The lowest BCUT2D eigenvalue weighted by molar-refractivity contribution is -0.180. The van der Waals surface area contributed by atoms with Gasteiger partial charge in [-0.2, -0.15) is 13.2 Å². The molecule has 0 radical (unpaired) electrons. The summed E-state index contributed by atoms with van der Waals surface area (Å²) in [5.74, 6) is -2.08. The van der Waals surface area contributed by atoms with E-state index in [1.807, 2.05) is 0 Å². The van der Waals surface area contributed by atoms with Crippen LogP contribution in [0.5, 0.6) is 0 Å². The van der Waals surface area contributed by atoms with Crippen molar-refractivity contribution in [2.75, 3.05) is 6.54 Å². The van der Waals surface area contributed by atoms with Crippen molar-refractivity contribution in [1.29, 1.82) is 0 Å². The summed E-state index contributed by atoms with van der Waals surface area (Å²) >= 11 is 0. The van der Waals surface area contributed by atoms with Gasteiger partial charge in [-0.15, -0.1) is 0 Å². The third kappa shape index (κ3) is 4.84. The number of halogens is 3. The first-order chi connectivity index (χ1) is 5.89. The third-order valence-electron chi connectivity index (χ3n) is 1.51. The second kappa shape index (κ2) is 5.18. The first-order valence-corrected chi connectivity index (χ1v) is 3.88. The molecule has 0 aliphatic heterocycles. The molecule has 0 aromatic heterocycles. The number of carbonyl (C=O) groups is 1. The molecule has 78 valence electrons. The van der Waals surface area contributed by atoms with Crippen LogP contribution in [0.2, 0.25) is 0 Å². The third-order valence-corrected chi connectivity index (χ3v) is 1.51. The van der Waals surface area contributed by atoms with E-state index in [0.717, 1.165) is 0 Å². The van der Waals surface area contributed by atoms with E-state index in [4.69, 9.17) is 10.8 Å². The van der Waals surface area contributed by atoms with Crippen molar-refractivity contribution in [3.8, 4) is 0 Å². The molecule has 0 spiro atoms. The average molecular weight is 199 g/mol. The van der Waals surface area contributed by atoms with Crippen molar-refractivity contribution in [3.05, 3.63) is 0 Å². The van der Waals surface area contributed by atoms with Gasteiger partial charge in [0.1, 0.15) is 6.10 Å². The Morgan fingerprint density at radius 1 is 1.38 bits per heavy atom. The molecular formula is C7H12F3NO2. The van der Waals surface area contributed by atoms with Crippen LogP contribution in [-0.2, 0) is 4.79 Å². The number of ketones is 1. The van der Waals surface area contributed by atoms with Crippen molar-refractivity contribution in [2.45, 2.75) is 31.5 Å². The number of rotatable bonds is 5. The standard InChI is InChI=1S/C7H12F3NO2/c8-7(9,10)6(13)5(12)3-1-2-4-11/h5,12H,1-4,11H2. The molecule has 0 aromatic rings. The van der Waals surface area contributed by atoms with Crippen LogP contribution < -0.4 is 5.73 Å². The number of unbranched alkanes of at least 4 members (excludes halogenated alkanes) is 1. The largest absolute Gasteiger partial charge is 0.452 e. The summed E-state index contributed by atoms with van der Waals surface area (Å²) in [6.07, 6.45) is -6.24. The second-order valence-corrected chi connectivity index (χ2v) is 2.66. The van der Waals surface area contributed by atoms with Gasteiger partial charge in [-0.1, -0.05) is 0 Å². The average Bonchev–Trinajstić information content (AvgIpc) is 2.01. The number of nitrogens with two attached hydrogens (primary N) is 1. The zero-order valence-electron chi connectivity index (χ0n) is 6.97. The molecule has 0 aliphatic rings. The lowest BCUT2D eigenvalue weighted by atomic mass is 10.1. The van der Waals surface area contributed by atoms with Gasteiger partial charge >= 0.3 is 6.18 Å². The van der Waals surface area contributed by atoms with Crippen LogP contribution in [0.1, 0.15) is 19.3 Å². The lowest BCUT2D eigenvalue weighted by Gasteiger charge is -2.10. The van der Waals surface area contributed by atoms with E-state index in [-0.39, 0.29) is 6.42 Å². The molecule has 0 amide bonds. The number of hydrogen-bond donors (Lipinski definition) is 2. The SMILES string of the molecule is NCCCCC(O)C(=O)C(F)(F)F. The molecule has 3 nitrogen and oxygen atoms in total. The minimum absolute atomic E-state index is 0.185. The molecule has 1 atom stereocenters. The Hall–Kier alpha value is -0.620. The predicted octanol–water partition coefficient (Wildman–Crippen LogP) is 0.608. The van der Waals surface area contributed by atoms with Crippen LogP contribution in [0.3, 0.4) is 0 Å². The first kappa shape index (κ1) is 12.4. The Balaban J connectivity index is 3.84. The van der Waals surface area contributed by atoms with Crippen LogP contribution in [-0.4, -0.2) is 29.7 Å². The van der Waals surface area contributed by atoms with Crippen molar-refractivity contribution in [1.82, 2.24) is 0 Å². The van der Waals surface area contributed by atoms with Crippen LogP contribution in [0.4, 0.5) is 13.2 Å². The zero-order valence-corrected chi connectivity index (χ0v) is 6.97. The molecule has 0 bridgehead atoms. The van der Waals surface area contributed by atoms with E-state index in [2.05, 4.69) is 0 Å². The molecule has 0 heterocycles. The Kier molecular flexibility index (Phi) is 4.94. The number of Topliss-reactive ketones (excluding diaryl/α,β-unsaturated/α-hetero) is 1. The summed E-state index contributed by atoms with van der Waals surface area (Å²) in [6, 6.07) is 0. The molecule has 6 heteroatoms. The second-order valence-electron chi connectivity index (χ2n) is 2.66. The summed E-state index contributed by atoms with van der Waals surface area (Å²) in [7, 11) is 0. The molecule has 13 heavy (non-hydrogen) atoms. The van der Waals surface area contributed by atoms with Crippen LogP contribution in [0, 0.1) is 0 Å². The van der Waals surface area contributed by atoms with Gasteiger partial charge in [0.05, 0.1) is 0 Å². The maximum absolute atomic E-state index is 11.7. The van der Waals surface area contributed by atoms with E-state index in [9.17, 15) is 18.0 Å². The Bertz CT molecular complexity index is 170. The van der Waals surface area contributed by atoms with Crippen molar-refractivity contribution in [2.24, 2.45) is 5.73 Å². The highest BCUT2D eigenvalue weighted by molar-refractivity contribution is 5.87. The fourth-order valence-corrected chi connectivity index (χ4v) is 0.802. The fraction of sp³-hybridized carbons (Fsp3) is 0.857. The monoisotopic (exact) mass is 199 g/mol. The molecule has 0 aliphatic carbocycles. The van der Waals surface area contributed by atoms with Crippen molar-refractivity contribution in [3.63, 3.8) is 0 Å². The summed E-state index contributed by atoms with van der Waals surface area (Å²) in [6.45, 7) is 0.340. The highest BCUT2D eigenvalue weighted by atomic mass is 19.4. The molecule has 0 rings (SSSR count). The minimum Gasteiger partial charge on any atom is -0.385 e. The van der Waals surface area contributed by atoms with Gasteiger partial charge in [-0.05, 0) is 25.8 Å². The Labute approximate surface area is 73.7 Å². The molecular weight excluding hydrogens is 187 g/mol. The fourth-order valence-electron chi connectivity index (χ4n) is 0.802. The summed E-state index contributed by atoms with van der Waals surface area (Å²) < 4.78 is 35.0. The van der Waals surface area contributed by atoms with Crippen LogP contribution >= 0.6 is 0 Å². The van der Waals surface area contributed by atoms with Crippen molar-refractivity contribution < 1.29 is 23.1 Å². The van der Waals surface area contributed by atoms with Gasteiger partial charge in [0.25, 0.3) is 5.78 Å². The van der Waals surface area contributed by atoms with Gasteiger partial charge in [0.2, 0.25) is 0 Å². The number of carbonyl (C=O) groups excluding carboxylic acids is 1. The van der Waals surface area contributed by atoms with E-state index in [0.29, 0.717) is 19.4 Å². The van der Waals surface area contributed by atoms with Crippen LogP contribution in [0.15, 0.2) is 0 Å². The Morgan fingerprint density at radius 2 is 1.92 bits per heavy atom. The van der Waals surface area contributed by atoms with Gasteiger partial charge in [0, 0.05) is 0 Å².